The standard InChI is InChI=1S/C13H23N3O4/c1-3-7-14-10(17)9(2)16-12(20)15-8-13(11(18)19)5-4-6-13/h9H,3-8H2,1-2H3,(H,14,17)(H,18,19)(H2,15,16,20). The Morgan fingerprint density at radius 1 is 1.25 bits per heavy atom. The maximum atomic E-state index is 11.6. The van der Waals surface area contributed by atoms with Crippen LogP contribution < -0.4 is 16.0 Å². The molecule has 0 spiro atoms. The van der Waals surface area contributed by atoms with Crippen molar-refractivity contribution in [1.29, 1.82) is 0 Å². The lowest BCUT2D eigenvalue weighted by atomic mass is 9.69. The minimum atomic E-state index is -0.877. The van der Waals surface area contributed by atoms with E-state index in [4.69, 9.17) is 5.11 Å². The molecule has 114 valence electrons. The van der Waals surface area contributed by atoms with Gasteiger partial charge in [0.15, 0.2) is 0 Å². The fourth-order valence-electron chi connectivity index (χ4n) is 2.03. The van der Waals surface area contributed by atoms with Crippen LogP contribution in [0.25, 0.3) is 0 Å². The maximum Gasteiger partial charge on any atom is 0.315 e. The van der Waals surface area contributed by atoms with Crippen LogP contribution in [0.5, 0.6) is 0 Å². The summed E-state index contributed by atoms with van der Waals surface area (Å²) >= 11 is 0. The SMILES string of the molecule is CCCNC(=O)C(C)NC(=O)NCC1(C(=O)O)CCC1. The molecule has 0 aliphatic heterocycles. The van der Waals surface area contributed by atoms with E-state index < -0.39 is 23.5 Å². The third-order valence-corrected chi connectivity index (χ3v) is 3.64. The average molecular weight is 285 g/mol. The summed E-state index contributed by atoms with van der Waals surface area (Å²) in [5.41, 5.74) is -0.828. The molecule has 4 N–H and O–H groups in total. The Morgan fingerprint density at radius 3 is 2.35 bits per heavy atom. The first kappa shape index (κ1) is 16.3. The Bertz CT molecular complexity index is 380. The summed E-state index contributed by atoms with van der Waals surface area (Å²) in [5.74, 6) is -1.13. The van der Waals surface area contributed by atoms with Crippen molar-refractivity contribution < 1.29 is 19.5 Å². The van der Waals surface area contributed by atoms with Gasteiger partial charge in [-0.15, -0.1) is 0 Å². The molecule has 0 heterocycles. The van der Waals surface area contributed by atoms with Gasteiger partial charge in [0.1, 0.15) is 6.04 Å². The minimum Gasteiger partial charge on any atom is -0.481 e. The van der Waals surface area contributed by atoms with Gasteiger partial charge in [-0.3, -0.25) is 9.59 Å². The first-order valence-corrected chi connectivity index (χ1v) is 6.97. The van der Waals surface area contributed by atoms with Gasteiger partial charge in [0.2, 0.25) is 5.91 Å². The van der Waals surface area contributed by atoms with E-state index in [1.165, 1.54) is 0 Å². The number of amides is 3. The number of carbonyl (C=O) groups is 3. The van der Waals surface area contributed by atoms with Gasteiger partial charge in [0.25, 0.3) is 0 Å². The molecule has 0 saturated heterocycles. The lowest BCUT2D eigenvalue weighted by molar-refractivity contribution is -0.153. The zero-order chi connectivity index (χ0) is 15.2. The van der Waals surface area contributed by atoms with E-state index in [2.05, 4.69) is 16.0 Å². The van der Waals surface area contributed by atoms with Gasteiger partial charge in [0.05, 0.1) is 5.41 Å². The number of rotatable bonds is 7. The molecule has 7 nitrogen and oxygen atoms in total. The topological polar surface area (TPSA) is 108 Å². The molecule has 0 aromatic heterocycles. The molecule has 1 rings (SSSR count). The Morgan fingerprint density at radius 2 is 1.90 bits per heavy atom. The quantitative estimate of drug-likeness (QED) is 0.545. The number of hydrogen-bond donors (Lipinski definition) is 4. The van der Waals surface area contributed by atoms with E-state index in [-0.39, 0.29) is 12.5 Å². The van der Waals surface area contributed by atoms with Crippen molar-refractivity contribution >= 4 is 17.9 Å². The number of hydrogen-bond acceptors (Lipinski definition) is 3. The molecule has 7 heteroatoms. The number of aliphatic carboxylic acids is 1. The number of carbonyl (C=O) groups excluding carboxylic acids is 2. The zero-order valence-corrected chi connectivity index (χ0v) is 12.0. The minimum absolute atomic E-state index is 0.0947. The van der Waals surface area contributed by atoms with E-state index in [0.29, 0.717) is 19.4 Å². The maximum absolute atomic E-state index is 11.6. The van der Waals surface area contributed by atoms with Crippen LogP contribution in [0.2, 0.25) is 0 Å². The fourth-order valence-corrected chi connectivity index (χ4v) is 2.03. The van der Waals surface area contributed by atoms with Crippen LogP contribution in [0.4, 0.5) is 4.79 Å². The molecule has 1 saturated carbocycles. The normalized spacial score (nSPS) is 17.5. The predicted octanol–water partition coefficient (Wildman–Crippen LogP) is 0.455. The van der Waals surface area contributed by atoms with E-state index in [1.54, 1.807) is 6.92 Å². The summed E-state index contributed by atoms with van der Waals surface area (Å²) in [7, 11) is 0. The Balaban J connectivity index is 2.33. The highest BCUT2D eigenvalue weighted by atomic mass is 16.4. The molecule has 0 radical (unpaired) electrons. The summed E-state index contributed by atoms with van der Waals surface area (Å²) < 4.78 is 0. The highest BCUT2D eigenvalue weighted by Crippen LogP contribution is 2.40. The van der Waals surface area contributed by atoms with E-state index in [0.717, 1.165) is 12.8 Å². The van der Waals surface area contributed by atoms with Gasteiger partial charge in [-0.2, -0.15) is 0 Å². The van der Waals surface area contributed by atoms with Crippen LogP contribution in [0.3, 0.4) is 0 Å². The summed E-state index contributed by atoms with van der Waals surface area (Å²) in [6, 6.07) is -1.17. The lowest BCUT2D eigenvalue weighted by Gasteiger charge is -2.37. The Kier molecular flexibility index (Phi) is 5.79. The summed E-state index contributed by atoms with van der Waals surface area (Å²) in [4.78, 5) is 34.3. The van der Waals surface area contributed by atoms with Gasteiger partial charge < -0.3 is 21.1 Å². The average Bonchev–Trinajstić information content (AvgIpc) is 2.33. The molecule has 20 heavy (non-hydrogen) atoms. The predicted molar refractivity (Wildman–Crippen MR) is 73.2 cm³/mol. The second-order valence-corrected chi connectivity index (χ2v) is 5.28. The monoisotopic (exact) mass is 285 g/mol. The first-order chi connectivity index (χ1) is 9.41. The molecule has 0 aromatic rings. The van der Waals surface area contributed by atoms with Crippen molar-refractivity contribution in [3.63, 3.8) is 0 Å². The smallest absolute Gasteiger partial charge is 0.315 e. The van der Waals surface area contributed by atoms with Gasteiger partial charge >= 0.3 is 12.0 Å². The molecule has 0 bridgehead atoms. The third-order valence-electron chi connectivity index (χ3n) is 3.64. The highest BCUT2D eigenvalue weighted by molar-refractivity contribution is 5.87. The molecule has 1 aliphatic rings. The second kappa shape index (κ2) is 7.12. The van der Waals surface area contributed by atoms with E-state index in [9.17, 15) is 14.4 Å². The van der Waals surface area contributed by atoms with Crippen LogP contribution in [0, 0.1) is 5.41 Å². The second-order valence-electron chi connectivity index (χ2n) is 5.28. The number of nitrogens with one attached hydrogen (secondary N) is 3. The molecular weight excluding hydrogens is 262 g/mol. The number of carboxylic acid groups (broad SMARTS) is 1. The summed E-state index contributed by atoms with van der Waals surface area (Å²) in [5, 5.41) is 16.8. The van der Waals surface area contributed by atoms with Crippen molar-refractivity contribution in [2.24, 2.45) is 5.41 Å². The van der Waals surface area contributed by atoms with Gasteiger partial charge in [-0.25, -0.2) is 4.79 Å². The highest BCUT2D eigenvalue weighted by Gasteiger charge is 2.44. The Hall–Kier alpha value is -1.79. The van der Waals surface area contributed by atoms with Crippen LogP contribution in [-0.4, -0.2) is 42.1 Å². The van der Waals surface area contributed by atoms with Crippen molar-refractivity contribution in [1.82, 2.24) is 16.0 Å². The third kappa shape index (κ3) is 4.11. The van der Waals surface area contributed by atoms with E-state index >= 15 is 0 Å². The summed E-state index contributed by atoms with van der Waals surface area (Å²) in [6.45, 7) is 4.18. The molecule has 0 aromatic carbocycles. The molecule has 1 atom stereocenters. The van der Waals surface area contributed by atoms with Gasteiger partial charge in [0, 0.05) is 13.1 Å². The Labute approximate surface area is 118 Å². The van der Waals surface area contributed by atoms with Crippen LogP contribution in [0.1, 0.15) is 39.5 Å². The van der Waals surface area contributed by atoms with Crippen molar-refractivity contribution in [3.8, 4) is 0 Å². The molecule has 3 amide bonds. The summed E-state index contributed by atoms with van der Waals surface area (Å²) in [6.07, 6.45) is 2.85. The number of carboxylic acids is 1. The van der Waals surface area contributed by atoms with E-state index in [1.807, 2.05) is 6.92 Å². The largest absolute Gasteiger partial charge is 0.481 e. The van der Waals surface area contributed by atoms with Crippen LogP contribution in [-0.2, 0) is 9.59 Å². The molecule has 1 fully saturated rings. The van der Waals surface area contributed by atoms with Gasteiger partial charge in [-0.1, -0.05) is 13.3 Å². The number of urea groups is 1. The first-order valence-electron chi connectivity index (χ1n) is 6.97. The van der Waals surface area contributed by atoms with Crippen molar-refractivity contribution in [2.75, 3.05) is 13.1 Å². The lowest BCUT2D eigenvalue weighted by Crippen LogP contribution is -2.53. The van der Waals surface area contributed by atoms with Gasteiger partial charge in [-0.05, 0) is 26.2 Å². The van der Waals surface area contributed by atoms with Crippen molar-refractivity contribution in [3.05, 3.63) is 0 Å². The van der Waals surface area contributed by atoms with Crippen molar-refractivity contribution in [2.45, 2.75) is 45.6 Å². The van der Waals surface area contributed by atoms with Crippen LogP contribution in [0.15, 0.2) is 0 Å². The van der Waals surface area contributed by atoms with Crippen LogP contribution >= 0.6 is 0 Å². The molecule has 1 unspecified atom stereocenters. The zero-order valence-electron chi connectivity index (χ0n) is 12.0. The molecule has 1 aliphatic carbocycles. The molecular formula is C13H23N3O4. The fraction of sp³-hybridized carbons (Fsp3) is 0.769.